The number of rotatable bonds is 7. The van der Waals surface area contributed by atoms with Gasteiger partial charge in [-0.3, -0.25) is 14.5 Å². The van der Waals surface area contributed by atoms with Crippen LogP contribution in [0.1, 0.15) is 35.6 Å². The Labute approximate surface area is 166 Å². The third kappa shape index (κ3) is 4.33. The second-order valence-electron chi connectivity index (χ2n) is 6.32. The molecule has 6 nitrogen and oxygen atoms in total. The van der Waals surface area contributed by atoms with E-state index in [4.69, 9.17) is 21.7 Å². The molecule has 3 rings (SSSR count). The third-order valence-corrected chi connectivity index (χ3v) is 5.82. The number of carbonyl (C=O) groups is 2. The van der Waals surface area contributed by atoms with E-state index in [0.29, 0.717) is 28.7 Å². The smallest absolute Gasteiger partial charge is 0.303 e. The van der Waals surface area contributed by atoms with Crippen LogP contribution in [-0.4, -0.2) is 37.3 Å². The minimum absolute atomic E-state index is 0.0179. The maximum atomic E-state index is 12.6. The van der Waals surface area contributed by atoms with Gasteiger partial charge in [-0.15, -0.1) is 0 Å². The first-order valence-corrected chi connectivity index (χ1v) is 9.75. The number of furan rings is 1. The van der Waals surface area contributed by atoms with Gasteiger partial charge in [0.05, 0.1) is 17.7 Å². The van der Waals surface area contributed by atoms with Gasteiger partial charge >= 0.3 is 5.97 Å². The van der Waals surface area contributed by atoms with E-state index >= 15 is 0 Å². The van der Waals surface area contributed by atoms with Crippen molar-refractivity contribution in [3.63, 3.8) is 0 Å². The van der Waals surface area contributed by atoms with E-state index in [9.17, 15) is 9.59 Å². The highest BCUT2D eigenvalue weighted by Crippen LogP contribution is 2.33. The molecule has 1 aliphatic rings. The number of nitrogens with zero attached hydrogens (tertiary/aromatic N) is 2. The van der Waals surface area contributed by atoms with Gasteiger partial charge in [-0.2, -0.15) is 0 Å². The summed E-state index contributed by atoms with van der Waals surface area (Å²) in [5, 5.41) is 8.75. The lowest BCUT2D eigenvalue weighted by Crippen LogP contribution is -2.29. The molecule has 1 N–H and O–H groups in total. The van der Waals surface area contributed by atoms with Gasteiger partial charge in [0.15, 0.2) is 0 Å². The Morgan fingerprint density at radius 1 is 1.41 bits per heavy atom. The quantitative estimate of drug-likeness (QED) is 0.559. The van der Waals surface area contributed by atoms with Crippen LogP contribution in [0.15, 0.2) is 33.8 Å². The molecule has 0 spiro atoms. The summed E-state index contributed by atoms with van der Waals surface area (Å²) in [5.74, 6) is -0.167. The molecule has 8 heteroatoms. The molecular formula is C19H20N2O4S2. The van der Waals surface area contributed by atoms with Gasteiger partial charge in [-0.25, -0.2) is 0 Å². The van der Waals surface area contributed by atoms with Crippen LogP contribution in [0.5, 0.6) is 0 Å². The molecule has 0 radical (unpaired) electrons. The molecule has 1 saturated heterocycles. The van der Waals surface area contributed by atoms with Crippen molar-refractivity contribution in [2.45, 2.75) is 33.2 Å². The van der Waals surface area contributed by atoms with Gasteiger partial charge in [-0.05, 0) is 50.1 Å². The molecule has 0 unspecified atom stereocenters. The number of aryl methyl sites for hydroxylation is 1. The first-order valence-electron chi connectivity index (χ1n) is 8.53. The summed E-state index contributed by atoms with van der Waals surface area (Å²) < 4.78 is 8.04. The van der Waals surface area contributed by atoms with E-state index in [0.717, 1.165) is 22.7 Å². The molecule has 0 aliphatic carbocycles. The van der Waals surface area contributed by atoms with Gasteiger partial charge < -0.3 is 14.1 Å². The Hall–Kier alpha value is -2.32. The fraction of sp³-hybridized carbons (Fsp3) is 0.316. The molecule has 1 amide bonds. The SMILES string of the molecule is Cc1cc(/C=C2\SC(=S)N(CCCC(=O)O)C2=O)c(C)n1Cc1ccco1. The third-order valence-electron chi connectivity index (χ3n) is 4.44. The highest BCUT2D eigenvalue weighted by atomic mass is 32.2. The number of thiocarbonyl (C=S) groups is 1. The van der Waals surface area contributed by atoms with Gasteiger partial charge in [-0.1, -0.05) is 24.0 Å². The van der Waals surface area contributed by atoms with Crippen LogP contribution in [0.3, 0.4) is 0 Å². The molecule has 27 heavy (non-hydrogen) atoms. The number of hydrogen-bond donors (Lipinski definition) is 1. The average Bonchev–Trinajstić information content (AvgIpc) is 3.27. The number of thioether (sulfide) groups is 1. The molecule has 142 valence electrons. The molecular weight excluding hydrogens is 384 g/mol. The number of aliphatic carboxylic acids is 1. The monoisotopic (exact) mass is 404 g/mol. The van der Waals surface area contributed by atoms with Gasteiger partial charge in [0.2, 0.25) is 0 Å². The Bertz CT molecular complexity index is 913. The number of amides is 1. The molecule has 0 bridgehead atoms. The first kappa shape index (κ1) is 19.4. The van der Waals surface area contributed by atoms with Crippen molar-refractivity contribution < 1.29 is 19.1 Å². The Morgan fingerprint density at radius 2 is 2.19 bits per heavy atom. The summed E-state index contributed by atoms with van der Waals surface area (Å²) in [5.41, 5.74) is 3.08. The molecule has 0 atom stereocenters. The van der Waals surface area contributed by atoms with Gasteiger partial charge in [0.1, 0.15) is 10.1 Å². The summed E-state index contributed by atoms with van der Waals surface area (Å²) in [4.78, 5) is 25.3. The summed E-state index contributed by atoms with van der Waals surface area (Å²) >= 11 is 6.55. The molecule has 0 saturated carbocycles. The zero-order chi connectivity index (χ0) is 19.6. The predicted molar refractivity (Wildman–Crippen MR) is 108 cm³/mol. The van der Waals surface area contributed by atoms with Crippen LogP contribution < -0.4 is 0 Å². The number of carboxylic acids is 1. The van der Waals surface area contributed by atoms with Crippen molar-refractivity contribution in [3.8, 4) is 0 Å². The number of carboxylic acid groups (broad SMARTS) is 1. The predicted octanol–water partition coefficient (Wildman–Crippen LogP) is 3.81. The van der Waals surface area contributed by atoms with E-state index in [1.165, 1.54) is 16.7 Å². The number of carbonyl (C=O) groups excluding carboxylic acids is 1. The maximum Gasteiger partial charge on any atom is 0.303 e. The Morgan fingerprint density at radius 3 is 2.85 bits per heavy atom. The molecule has 2 aromatic heterocycles. The van der Waals surface area contributed by atoms with Crippen molar-refractivity contribution in [1.29, 1.82) is 0 Å². The van der Waals surface area contributed by atoms with Crippen LogP contribution in [0.4, 0.5) is 0 Å². The lowest BCUT2D eigenvalue weighted by Gasteiger charge is -2.13. The molecule has 1 fully saturated rings. The second kappa shape index (κ2) is 8.14. The lowest BCUT2D eigenvalue weighted by atomic mass is 10.2. The number of aromatic nitrogens is 1. The second-order valence-corrected chi connectivity index (χ2v) is 8.00. The largest absolute Gasteiger partial charge is 0.481 e. The molecule has 0 aromatic carbocycles. The van der Waals surface area contributed by atoms with E-state index < -0.39 is 5.97 Å². The van der Waals surface area contributed by atoms with Gasteiger partial charge in [0.25, 0.3) is 5.91 Å². The topological polar surface area (TPSA) is 75.7 Å². The van der Waals surface area contributed by atoms with Crippen molar-refractivity contribution in [2.24, 2.45) is 0 Å². The van der Waals surface area contributed by atoms with Crippen LogP contribution in [-0.2, 0) is 16.1 Å². The van der Waals surface area contributed by atoms with E-state index in [1.54, 1.807) is 6.26 Å². The van der Waals surface area contributed by atoms with Crippen LogP contribution >= 0.6 is 24.0 Å². The minimum Gasteiger partial charge on any atom is -0.481 e. The van der Waals surface area contributed by atoms with E-state index in [2.05, 4.69) is 4.57 Å². The maximum absolute atomic E-state index is 12.6. The molecule has 2 aromatic rings. The molecule has 1 aliphatic heterocycles. The van der Waals surface area contributed by atoms with Crippen molar-refractivity contribution in [1.82, 2.24) is 9.47 Å². The summed E-state index contributed by atoms with van der Waals surface area (Å²) in [6, 6.07) is 5.83. The zero-order valence-corrected chi connectivity index (χ0v) is 16.7. The fourth-order valence-electron chi connectivity index (χ4n) is 3.00. The average molecular weight is 405 g/mol. The molecule has 3 heterocycles. The minimum atomic E-state index is -0.875. The van der Waals surface area contributed by atoms with Crippen LogP contribution in [0.2, 0.25) is 0 Å². The lowest BCUT2D eigenvalue weighted by molar-refractivity contribution is -0.137. The standard InChI is InChI=1S/C19H20N2O4S2/c1-12-9-14(13(2)21(12)11-15-5-4-8-25-15)10-16-18(24)20(19(26)27-16)7-3-6-17(22)23/h4-5,8-10H,3,6-7,11H2,1-2H3,(H,22,23)/b16-10-. The van der Waals surface area contributed by atoms with Crippen molar-refractivity contribution in [3.05, 3.63) is 52.1 Å². The Kier molecular flexibility index (Phi) is 5.86. The van der Waals surface area contributed by atoms with Crippen LogP contribution in [0, 0.1) is 13.8 Å². The highest BCUT2D eigenvalue weighted by Gasteiger charge is 2.32. The van der Waals surface area contributed by atoms with Gasteiger partial charge in [0, 0.05) is 24.4 Å². The van der Waals surface area contributed by atoms with Crippen LogP contribution in [0.25, 0.3) is 6.08 Å². The van der Waals surface area contributed by atoms with E-state index in [1.807, 2.05) is 38.1 Å². The Balaban J connectivity index is 1.77. The fourth-order valence-corrected chi connectivity index (χ4v) is 4.30. The summed E-state index contributed by atoms with van der Waals surface area (Å²) in [7, 11) is 0. The summed E-state index contributed by atoms with van der Waals surface area (Å²) in [6.07, 6.45) is 3.91. The first-order chi connectivity index (χ1) is 12.9. The van der Waals surface area contributed by atoms with Crippen molar-refractivity contribution >= 4 is 46.3 Å². The summed E-state index contributed by atoms with van der Waals surface area (Å²) in [6.45, 7) is 4.99. The zero-order valence-electron chi connectivity index (χ0n) is 15.1. The normalized spacial score (nSPS) is 15.9. The highest BCUT2D eigenvalue weighted by molar-refractivity contribution is 8.26. The van der Waals surface area contributed by atoms with E-state index in [-0.39, 0.29) is 12.3 Å². The van der Waals surface area contributed by atoms with Crippen molar-refractivity contribution in [2.75, 3.05) is 6.54 Å². The number of hydrogen-bond acceptors (Lipinski definition) is 5.